The van der Waals surface area contributed by atoms with E-state index in [-0.39, 0.29) is 16.6 Å². The van der Waals surface area contributed by atoms with Crippen molar-refractivity contribution in [1.82, 2.24) is 4.72 Å². The van der Waals surface area contributed by atoms with Gasteiger partial charge in [-0.2, -0.15) is 0 Å². The van der Waals surface area contributed by atoms with Gasteiger partial charge in [0.2, 0.25) is 10.0 Å². The zero-order chi connectivity index (χ0) is 23.6. The van der Waals surface area contributed by atoms with Gasteiger partial charge < -0.3 is 0 Å². The normalized spacial score (nSPS) is 12.8. The lowest BCUT2D eigenvalue weighted by Crippen LogP contribution is -2.32. The van der Waals surface area contributed by atoms with Crippen LogP contribution in [-0.2, 0) is 26.6 Å². The maximum atomic E-state index is 13.6. The Balaban J connectivity index is 2.05. The van der Waals surface area contributed by atoms with Crippen LogP contribution in [0.3, 0.4) is 0 Å². The summed E-state index contributed by atoms with van der Waals surface area (Å²) in [6.45, 7) is 12.8. The van der Waals surface area contributed by atoms with Gasteiger partial charge in [0.1, 0.15) is 0 Å². The van der Waals surface area contributed by atoms with Gasteiger partial charge in [0.05, 0.1) is 11.8 Å². The van der Waals surface area contributed by atoms with Crippen molar-refractivity contribution in [2.75, 3.05) is 0 Å². The molecule has 4 heteroatoms. The smallest absolute Gasteiger partial charge is 0.212 e. The predicted molar refractivity (Wildman–Crippen MR) is 134 cm³/mol. The molecule has 1 N–H and O–H groups in total. The minimum absolute atomic E-state index is 0.0524. The molecule has 0 fully saturated rings. The second-order valence-corrected chi connectivity index (χ2v) is 12.2. The number of sulfonamides is 1. The first-order valence-electron chi connectivity index (χ1n) is 11.1. The highest BCUT2D eigenvalue weighted by atomic mass is 32.2. The molecule has 3 aromatic carbocycles. The van der Waals surface area contributed by atoms with Crippen LogP contribution < -0.4 is 4.72 Å². The quantitative estimate of drug-likeness (QED) is 0.467. The summed E-state index contributed by atoms with van der Waals surface area (Å²) in [7, 11) is -3.65. The molecular formula is C28H35NO2S. The van der Waals surface area contributed by atoms with Crippen molar-refractivity contribution in [3.05, 3.63) is 107 Å². The number of hydrogen-bond donors (Lipinski definition) is 1. The first kappa shape index (κ1) is 24.2. The Morgan fingerprint density at radius 2 is 1.06 bits per heavy atom. The zero-order valence-electron chi connectivity index (χ0n) is 20.0. The highest BCUT2D eigenvalue weighted by Crippen LogP contribution is 2.35. The number of hydrogen-bond acceptors (Lipinski definition) is 2. The van der Waals surface area contributed by atoms with Crippen molar-refractivity contribution < 1.29 is 8.42 Å². The molecule has 0 aliphatic carbocycles. The van der Waals surface area contributed by atoms with Gasteiger partial charge in [-0.05, 0) is 38.6 Å². The third-order valence-corrected chi connectivity index (χ3v) is 6.95. The SMILES string of the molecule is CC(C)(C)c1cccc(C(C)(C)C)c1CS(=O)(=O)NC(c1ccccc1)c1ccccc1. The first-order chi connectivity index (χ1) is 14.9. The molecule has 0 radical (unpaired) electrons. The van der Waals surface area contributed by atoms with E-state index in [0.29, 0.717) is 0 Å². The highest BCUT2D eigenvalue weighted by molar-refractivity contribution is 7.88. The van der Waals surface area contributed by atoms with Crippen LogP contribution in [0.25, 0.3) is 0 Å². The predicted octanol–water partition coefficient (Wildman–Crippen LogP) is 6.49. The number of rotatable bonds is 6. The van der Waals surface area contributed by atoms with Gasteiger partial charge in [-0.3, -0.25) is 0 Å². The molecule has 32 heavy (non-hydrogen) atoms. The van der Waals surface area contributed by atoms with Gasteiger partial charge in [-0.25, -0.2) is 13.1 Å². The lowest BCUT2D eigenvalue weighted by atomic mass is 9.77. The Bertz CT molecular complexity index is 1070. The second-order valence-electron chi connectivity index (χ2n) is 10.5. The molecule has 0 atom stereocenters. The van der Waals surface area contributed by atoms with Gasteiger partial charge in [-0.1, -0.05) is 120 Å². The summed E-state index contributed by atoms with van der Waals surface area (Å²) in [5, 5.41) is 0. The fourth-order valence-electron chi connectivity index (χ4n) is 4.18. The first-order valence-corrected chi connectivity index (χ1v) is 12.8. The Labute approximate surface area is 194 Å². The molecule has 3 rings (SSSR count). The van der Waals surface area contributed by atoms with Crippen molar-refractivity contribution in [3.63, 3.8) is 0 Å². The third-order valence-electron chi connectivity index (χ3n) is 5.69. The summed E-state index contributed by atoms with van der Waals surface area (Å²) >= 11 is 0. The van der Waals surface area contributed by atoms with Gasteiger partial charge in [-0.15, -0.1) is 0 Å². The van der Waals surface area contributed by atoms with Crippen molar-refractivity contribution in [2.24, 2.45) is 0 Å². The van der Waals surface area contributed by atoms with E-state index in [1.165, 1.54) is 0 Å². The van der Waals surface area contributed by atoms with Gasteiger partial charge in [0.15, 0.2) is 0 Å². The molecule has 0 saturated heterocycles. The third kappa shape index (κ3) is 5.87. The molecule has 0 aliphatic rings. The Morgan fingerprint density at radius 3 is 1.44 bits per heavy atom. The van der Waals surface area contributed by atoms with Gasteiger partial charge in [0.25, 0.3) is 0 Å². The van der Waals surface area contributed by atoms with Crippen LogP contribution in [0, 0.1) is 0 Å². The maximum absolute atomic E-state index is 13.6. The summed E-state index contributed by atoms with van der Waals surface area (Å²) in [5.41, 5.74) is 4.57. The van der Waals surface area contributed by atoms with E-state index >= 15 is 0 Å². The average Bonchev–Trinajstić information content (AvgIpc) is 2.71. The molecule has 0 unspecified atom stereocenters. The topological polar surface area (TPSA) is 46.2 Å². The van der Waals surface area contributed by atoms with Gasteiger partial charge in [0, 0.05) is 0 Å². The lowest BCUT2D eigenvalue weighted by Gasteiger charge is -2.30. The van der Waals surface area contributed by atoms with Crippen LogP contribution in [0.5, 0.6) is 0 Å². The molecular weight excluding hydrogens is 414 g/mol. The molecule has 0 spiro atoms. The Hall–Kier alpha value is -2.43. The molecule has 3 aromatic rings. The molecule has 0 aromatic heterocycles. The van der Waals surface area contributed by atoms with Crippen LogP contribution in [0.15, 0.2) is 78.9 Å². The van der Waals surface area contributed by atoms with Gasteiger partial charge >= 0.3 is 0 Å². The lowest BCUT2D eigenvalue weighted by molar-refractivity contribution is 0.551. The van der Waals surface area contributed by atoms with Crippen molar-refractivity contribution >= 4 is 10.0 Å². The Kier molecular flexibility index (Phi) is 6.97. The fraction of sp³-hybridized carbons (Fsp3) is 0.357. The average molecular weight is 450 g/mol. The minimum Gasteiger partial charge on any atom is -0.212 e. The molecule has 170 valence electrons. The maximum Gasteiger partial charge on any atom is 0.216 e. The Morgan fingerprint density at radius 1 is 0.656 bits per heavy atom. The van der Waals surface area contributed by atoms with E-state index in [0.717, 1.165) is 27.8 Å². The highest BCUT2D eigenvalue weighted by Gasteiger charge is 2.29. The molecule has 0 aliphatic heterocycles. The standard InChI is InChI=1S/C28H35NO2S/c1-27(2,3)24-18-13-19-25(28(4,5)6)23(24)20-32(30,31)29-26(21-14-9-7-10-15-21)22-16-11-8-12-17-22/h7-19,26,29H,20H2,1-6H3. The summed E-state index contributed by atoms with van der Waals surface area (Å²) in [4.78, 5) is 0. The fourth-order valence-corrected chi connectivity index (χ4v) is 5.58. The number of benzene rings is 3. The monoisotopic (exact) mass is 449 g/mol. The summed E-state index contributed by atoms with van der Waals surface area (Å²) in [5.74, 6) is -0.0524. The summed E-state index contributed by atoms with van der Waals surface area (Å²) in [6.07, 6.45) is 0. The van der Waals surface area contributed by atoms with Crippen LogP contribution in [0.4, 0.5) is 0 Å². The molecule has 0 saturated carbocycles. The zero-order valence-corrected chi connectivity index (χ0v) is 20.8. The molecule has 0 bridgehead atoms. The molecule has 0 amide bonds. The van der Waals surface area contributed by atoms with Crippen molar-refractivity contribution in [1.29, 1.82) is 0 Å². The summed E-state index contributed by atoms with van der Waals surface area (Å²) in [6, 6.07) is 25.2. The minimum atomic E-state index is -3.65. The van der Waals surface area contributed by atoms with E-state index in [2.05, 4.69) is 58.4 Å². The summed E-state index contributed by atoms with van der Waals surface area (Å²) < 4.78 is 30.2. The van der Waals surface area contributed by atoms with Crippen molar-refractivity contribution in [2.45, 2.75) is 64.2 Å². The van der Waals surface area contributed by atoms with Crippen molar-refractivity contribution in [3.8, 4) is 0 Å². The van der Waals surface area contributed by atoms with Crippen LogP contribution >= 0.6 is 0 Å². The second kappa shape index (κ2) is 9.21. The van der Waals surface area contributed by atoms with Crippen LogP contribution in [0.1, 0.15) is 75.4 Å². The molecule has 0 heterocycles. The van der Waals surface area contributed by atoms with E-state index < -0.39 is 16.1 Å². The molecule has 3 nitrogen and oxygen atoms in total. The van der Waals surface area contributed by atoms with E-state index in [1.54, 1.807) is 0 Å². The van der Waals surface area contributed by atoms with E-state index in [4.69, 9.17) is 0 Å². The number of nitrogens with one attached hydrogen (secondary N) is 1. The largest absolute Gasteiger partial charge is 0.216 e. The van der Waals surface area contributed by atoms with E-state index in [1.807, 2.05) is 66.7 Å². The van der Waals surface area contributed by atoms with Crippen LogP contribution in [0.2, 0.25) is 0 Å². The van der Waals surface area contributed by atoms with Crippen LogP contribution in [-0.4, -0.2) is 8.42 Å². The van der Waals surface area contributed by atoms with E-state index in [9.17, 15) is 8.42 Å².